The zero-order chi connectivity index (χ0) is 25.1. The van der Waals surface area contributed by atoms with Gasteiger partial charge in [0.25, 0.3) is 5.91 Å². The zero-order valence-corrected chi connectivity index (χ0v) is 22.0. The molecule has 192 valence electrons. The number of rotatable bonds is 7. The van der Waals surface area contributed by atoms with Gasteiger partial charge in [0.15, 0.2) is 11.6 Å². The number of ether oxygens (including phenoxy) is 2. The summed E-state index contributed by atoms with van der Waals surface area (Å²) in [7, 11) is 3.22. The number of likely N-dealkylation sites (tertiary alicyclic amines) is 1. The molecule has 7 rings (SSSR count). The van der Waals surface area contributed by atoms with Crippen LogP contribution in [0.15, 0.2) is 39.8 Å². The van der Waals surface area contributed by atoms with Crippen molar-refractivity contribution in [2.75, 3.05) is 50.0 Å². The molecule has 2 aliphatic heterocycles. The Morgan fingerprint density at radius 3 is 2.38 bits per heavy atom. The molecular weight excluding hydrogens is 488 g/mol. The van der Waals surface area contributed by atoms with Crippen LogP contribution in [0.2, 0.25) is 0 Å². The van der Waals surface area contributed by atoms with E-state index in [1.807, 2.05) is 4.90 Å². The van der Waals surface area contributed by atoms with Crippen LogP contribution in [0.3, 0.4) is 0 Å². The van der Waals surface area contributed by atoms with E-state index in [0.717, 1.165) is 61.1 Å². The number of anilines is 2. The molecule has 2 saturated heterocycles. The predicted octanol–water partition coefficient (Wildman–Crippen LogP) is 5.12. The highest BCUT2D eigenvalue weighted by Gasteiger charge is 2.50. The first-order chi connectivity index (χ1) is 18.1. The average Bonchev–Trinajstić information content (AvgIpc) is 3.50. The number of amides is 1. The van der Waals surface area contributed by atoms with Crippen LogP contribution in [0.4, 0.5) is 11.5 Å². The van der Waals surface area contributed by atoms with Gasteiger partial charge >= 0.3 is 0 Å². The Hall–Kier alpha value is -3.33. The van der Waals surface area contributed by atoms with Crippen molar-refractivity contribution in [2.45, 2.75) is 42.4 Å². The summed E-state index contributed by atoms with van der Waals surface area (Å²) < 4.78 is 20.7. The van der Waals surface area contributed by atoms with Gasteiger partial charge in [-0.2, -0.15) is 0 Å². The molecule has 1 saturated carbocycles. The molecule has 1 spiro atoms. The monoisotopic (exact) mass is 518 g/mol. The van der Waals surface area contributed by atoms with Crippen LogP contribution in [0.1, 0.15) is 47.2 Å². The Bertz CT molecular complexity index is 1370. The topological polar surface area (TPSA) is 80.1 Å². The summed E-state index contributed by atoms with van der Waals surface area (Å²) in [6.07, 6.45) is 5.59. The SMILES string of the molecule is COc1cc(C(=O)N2CCC2)cc(OC)c1SNc1noc2c1CC1(CC1)c1ccc(N3CCC3)cc1-2. The highest BCUT2D eigenvalue weighted by Crippen LogP contribution is 2.59. The maximum Gasteiger partial charge on any atom is 0.254 e. The normalized spacial score (nSPS) is 18.4. The summed E-state index contributed by atoms with van der Waals surface area (Å²) in [5, 5.41) is 4.45. The molecule has 3 fully saturated rings. The molecule has 2 aliphatic carbocycles. The van der Waals surface area contributed by atoms with E-state index in [9.17, 15) is 4.79 Å². The highest BCUT2D eigenvalue weighted by atomic mass is 32.2. The molecule has 9 heteroatoms. The first-order valence-corrected chi connectivity index (χ1v) is 13.8. The third-order valence-electron chi connectivity index (χ3n) is 8.30. The lowest BCUT2D eigenvalue weighted by molar-refractivity contribution is 0.0651. The molecule has 1 amide bonds. The van der Waals surface area contributed by atoms with Crippen molar-refractivity contribution in [3.05, 3.63) is 47.0 Å². The van der Waals surface area contributed by atoms with Crippen LogP contribution in [-0.2, 0) is 11.8 Å². The Morgan fingerprint density at radius 2 is 1.78 bits per heavy atom. The summed E-state index contributed by atoms with van der Waals surface area (Å²) in [6.45, 7) is 3.82. The second kappa shape index (κ2) is 8.62. The maximum atomic E-state index is 12.8. The predicted molar refractivity (Wildman–Crippen MR) is 143 cm³/mol. The van der Waals surface area contributed by atoms with Gasteiger partial charge < -0.3 is 28.5 Å². The van der Waals surface area contributed by atoms with E-state index in [2.05, 4.69) is 33.0 Å². The van der Waals surface area contributed by atoms with E-state index in [1.54, 1.807) is 26.4 Å². The third-order valence-corrected chi connectivity index (χ3v) is 9.20. The van der Waals surface area contributed by atoms with E-state index in [1.165, 1.54) is 48.0 Å². The largest absolute Gasteiger partial charge is 0.495 e. The fourth-order valence-electron chi connectivity index (χ4n) is 5.65. The number of nitrogens with zero attached hydrogens (tertiary/aromatic N) is 3. The van der Waals surface area contributed by atoms with Gasteiger partial charge in [-0.1, -0.05) is 11.2 Å². The fraction of sp³-hybridized carbons (Fsp3) is 0.429. The van der Waals surface area contributed by atoms with Gasteiger partial charge in [-0.25, -0.2) is 0 Å². The first kappa shape index (κ1) is 22.8. The molecule has 0 bridgehead atoms. The van der Waals surface area contributed by atoms with Crippen molar-refractivity contribution >= 4 is 29.4 Å². The Labute approximate surface area is 220 Å². The lowest BCUT2D eigenvalue weighted by Gasteiger charge is -2.34. The van der Waals surface area contributed by atoms with Gasteiger partial charge in [0, 0.05) is 54.0 Å². The summed E-state index contributed by atoms with van der Waals surface area (Å²) in [4.78, 5) is 17.8. The molecule has 3 aromatic rings. The van der Waals surface area contributed by atoms with Crippen molar-refractivity contribution in [2.24, 2.45) is 0 Å². The van der Waals surface area contributed by atoms with E-state index in [4.69, 9.17) is 14.0 Å². The minimum absolute atomic E-state index is 0.00363. The van der Waals surface area contributed by atoms with Crippen LogP contribution < -0.4 is 19.1 Å². The van der Waals surface area contributed by atoms with Gasteiger partial charge in [0.2, 0.25) is 0 Å². The molecule has 0 radical (unpaired) electrons. The molecule has 1 aromatic heterocycles. The summed E-state index contributed by atoms with van der Waals surface area (Å²) >= 11 is 1.37. The van der Waals surface area contributed by atoms with Gasteiger partial charge in [-0.3, -0.25) is 4.79 Å². The third kappa shape index (κ3) is 3.66. The number of carbonyl (C=O) groups excluding carboxylic acids is 1. The van der Waals surface area contributed by atoms with E-state index >= 15 is 0 Å². The van der Waals surface area contributed by atoms with Crippen LogP contribution in [0, 0.1) is 0 Å². The number of fused-ring (bicyclic) bond motifs is 4. The summed E-state index contributed by atoms with van der Waals surface area (Å²) in [5.74, 6) is 2.77. The van der Waals surface area contributed by atoms with E-state index in [-0.39, 0.29) is 11.3 Å². The van der Waals surface area contributed by atoms with Crippen LogP contribution in [0.5, 0.6) is 11.5 Å². The Balaban J connectivity index is 1.19. The van der Waals surface area contributed by atoms with Gasteiger partial charge in [0.1, 0.15) is 16.4 Å². The number of aromatic nitrogens is 1. The van der Waals surface area contributed by atoms with Crippen LogP contribution >= 0.6 is 11.9 Å². The number of hydrogen-bond acceptors (Lipinski definition) is 8. The highest BCUT2D eigenvalue weighted by molar-refractivity contribution is 8.00. The minimum atomic E-state index is 0.00363. The van der Waals surface area contributed by atoms with Crippen molar-refractivity contribution < 1.29 is 18.8 Å². The van der Waals surface area contributed by atoms with Gasteiger partial charge in [-0.15, -0.1) is 0 Å². The molecule has 37 heavy (non-hydrogen) atoms. The maximum absolute atomic E-state index is 12.8. The molecule has 4 aliphatic rings. The van der Waals surface area contributed by atoms with Gasteiger partial charge in [-0.05, 0) is 73.9 Å². The van der Waals surface area contributed by atoms with Crippen molar-refractivity contribution in [3.63, 3.8) is 0 Å². The number of nitrogens with one attached hydrogen (secondary N) is 1. The van der Waals surface area contributed by atoms with Crippen LogP contribution in [0.25, 0.3) is 11.3 Å². The van der Waals surface area contributed by atoms with E-state index < -0.39 is 0 Å². The average molecular weight is 519 g/mol. The van der Waals surface area contributed by atoms with Crippen molar-refractivity contribution in [3.8, 4) is 22.8 Å². The Kier molecular flexibility index (Phi) is 5.32. The molecule has 0 atom stereocenters. The molecular formula is C28H30N4O4S. The number of hydrogen-bond donors (Lipinski definition) is 1. The lowest BCUT2D eigenvalue weighted by atomic mass is 9.79. The van der Waals surface area contributed by atoms with Crippen LogP contribution in [-0.4, -0.2) is 56.4 Å². The standard InChI is InChI=1S/C28H30N4O4S/c1-34-22-13-17(27(33)32-11-4-12-32)14-23(35-2)25(22)37-30-26-20-16-28(7-8-28)21-6-5-18(31-9-3-10-31)15-19(21)24(20)36-29-26/h5-6,13-15H,3-4,7-12,16H2,1-2H3,(H,29,30). The van der Waals surface area contributed by atoms with Gasteiger partial charge in [0.05, 0.1) is 14.2 Å². The van der Waals surface area contributed by atoms with Crippen molar-refractivity contribution in [1.29, 1.82) is 0 Å². The molecule has 8 nitrogen and oxygen atoms in total. The number of carbonyl (C=O) groups is 1. The van der Waals surface area contributed by atoms with Crippen molar-refractivity contribution in [1.82, 2.24) is 10.1 Å². The first-order valence-electron chi connectivity index (χ1n) is 13.0. The lowest BCUT2D eigenvalue weighted by Crippen LogP contribution is -2.42. The zero-order valence-electron chi connectivity index (χ0n) is 21.1. The summed E-state index contributed by atoms with van der Waals surface area (Å²) in [6, 6.07) is 10.4. The number of benzene rings is 2. The summed E-state index contributed by atoms with van der Waals surface area (Å²) in [5.41, 5.74) is 5.72. The second-order valence-corrected chi connectivity index (χ2v) is 11.2. The number of methoxy groups -OCH3 is 2. The quantitative estimate of drug-likeness (QED) is 0.432. The fourth-order valence-corrected chi connectivity index (χ4v) is 6.50. The van der Waals surface area contributed by atoms with E-state index in [0.29, 0.717) is 17.1 Å². The second-order valence-electron chi connectivity index (χ2n) is 10.4. The molecule has 1 N–H and O–H groups in total. The molecule has 2 aromatic carbocycles. The minimum Gasteiger partial charge on any atom is -0.495 e. The molecule has 3 heterocycles. The Morgan fingerprint density at radius 1 is 1.05 bits per heavy atom. The smallest absolute Gasteiger partial charge is 0.254 e. The molecule has 0 unspecified atom stereocenters.